The zero-order valence-electron chi connectivity index (χ0n) is 13.4. The Kier molecular flexibility index (Phi) is 5.53. The Balaban J connectivity index is 1.82. The maximum atomic E-state index is 12.7. The first-order valence-corrected chi connectivity index (χ1v) is 9.17. The van der Waals surface area contributed by atoms with Crippen LogP contribution >= 0.6 is 28.1 Å². The third-order valence-electron chi connectivity index (χ3n) is 3.94. The predicted molar refractivity (Wildman–Crippen MR) is 99.7 cm³/mol. The van der Waals surface area contributed by atoms with Crippen LogP contribution in [0, 0.1) is 0 Å². The maximum Gasteiger partial charge on any atom is 0.276 e. The molecule has 0 aliphatic carbocycles. The standard InChI is InChI=1S/C17H19BrN2O3S/c1-2-22-15-6-5-12(18)8-11(15)9-14-16(21)20(17(24)19-14)10-13-4-3-7-23-13/h5-6,8-9,13H,2-4,7,10H2,1H3,(H,19,24)/b14-9+. The lowest BCUT2D eigenvalue weighted by Gasteiger charge is -2.18. The van der Waals surface area contributed by atoms with Crippen molar-refractivity contribution in [3.63, 3.8) is 0 Å². The van der Waals surface area contributed by atoms with Crippen LogP contribution in [0.2, 0.25) is 0 Å². The number of ether oxygens (including phenoxy) is 2. The van der Waals surface area contributed by atoms with Gasteiger partial charge in [0.1, 0.15) is 11.4 Å². The summed E-state index contributed by atoms with van der Waals surface area (Å²) >= 11 is 8.76. The number of thiocarbonyl (C=S) groups is 1. The molecule has 0 aromatic heterocycles. The van der Waals surface area contributed by atoms with Crippen LogP contribution in [0.25, 0.3) is 6.08 Å². The van der Waals surface area contributed by atoms with Crippen molar-refractivity contribution in [2.45, 2.75) is 25.9 Å². The zero-order valence-corrected chi connectivity index (χ0v) is 15.8. The van der Waals surface area contributed by atoms with E-state index < -0.39 is 0 Å². The van der Waals surface area contributed by atoms with Gasteiger partial charge in [0.2, 0.25) is 0 Å². The minimum absolute atomic E-state index is 0.0675. The van der Waals surface area contributed by atoms with Gasteiger partial charge in [-0.25, -0.2) is 0 Å². The average molecular weight is 411 g/mol. The van der Waals surface area contributed by atoms with Crippen molar-refractivity contribution in [2.24, 2.45) is 0 Å². The molecule has 1 unspecified atom stereocenters. The summed E-state index contributed by atoms with van der Waals surface area (Å²) in [5, 5.41) is 3.43. The molecule has 1 amide bonds. The van der Waals surface area contributed by atoms with Gasteiger partial charge in [-0.15, -0.1) is 0 Å². The number of nitrogens with zero attached hydrogens (tertiary/aromatic N) is 1. The smallest absolute Gasteiger partial charge is 0.276 e. The molecule has 24 heavy (non-hydrogen) atoms. The van der Waals surface area contributed by atoms with Gasteiger partial charge in [-0.1, -0.05) is 15.9 Å². The van der Waals surface area contributed by atoms with Gasteiger partial charge in [-0.2, -0.15) is 0 Å². The molecule has 1 atom stereocenters. The molecule has 2 saturated heterocycles. The second-order valence-corrected chi connectivity index (χ2v) is 6.96. The van der Waals surface area contributed by atoms with Crippen molar-refractivity contribution in [3.05, 3.63) is 33.9 Å². The lowest BCUT2D eigenvalue weighted by molar-refractivity contribution is -0.123. The number of carbonyl (C=O) groups excluding carboxylic acids is 1. The summed E-state index contributed by atoms with van der Waals surface area (Å²) in [4.78, 5) is 14.2. The summed E-state index contributed by atoms with van der Waals surface area (Å²) in [6, 6.07) is 5.70. The van der Waals surface area contributed by atoms with E-state index in [9.17, 15) is 4.79 Å². The van der Waals surface area contributed by atoms with Crippen LogP contribution in [0.4, 0.5) is 0 Å². The molecular weight excluding hydrogens is 392 g/mol. The molecule has 1 aromatic carbocycles. The lowest BCUT2D eigenvalue weighted by Crippen LogP contribution is -2.37. The Labute approximate surface area is 155 Å². The van der Waals surface area contributed by atoms with Gasteiger partial charge in [-0.3, -0.25) is 9.69 Å². The Morgan fingerprint density at radius 2 is 2.38 bits per heavy atom. The van der Waals surface area contributed by atoms with Crippen LogP contribution in [0.15, 0.2) is 28.4 Å². The monoisotopic (exact) mass is 410 g/mol. The van der Waals surface area contributed by atoms with Gasteiger partial charge >= 0.3 is 0 Å². The van der Waals surface area contributed by atoms with E-state index in [1.54, 1.807) is 11.0 Å². The van der Waals surface area contributed by atoms with Crippen molar-refractivity contribution >= 4 is 45.2 Å². The van der Waals surface area contributed by atoms with Crippen LogP contribution in [0.5, 0.6) is 5.75 Å². The number of rotatable bonds is 5. The fraction of sp³-hybridized carbons (Fsp3) is 0.412. The molecule has 0 spiro atoms. The third kappa shape index (κ3) is 3.79. The molecule has 7 heteroatoms. The molecule has 0 radical (unpaired) electrons. The highest BCUT2D eigenvalue weighted by Crippen LogP contribution is 2.27. The van der Waals surface area contributed by atoms with Gasteiger partial charge in [-0.05, 0) is 56.3 Å². The Morgan fingerprint density at radius 3 is 3.08 bits per heavy atom. The number of benzene rings is 1. The van der Waals surface area contributed by atoms with Gasteiger partial charge in [0.25, 0.3) is 5.91 Å². The molecule has 1 aromatic rings. The highest BCUT2D eigenvalue weighted by molar-refractivity contribution is 9.10. The molecule has 0 saturated carbocycles. The Morgan fingerprint density at radius 1 is 1.54 bits per heavy atom. The molecule has 2 aliphatic rings. The molecule has 0 bridgehead atoms. The van der Waals surface area contributed by atoms with Crippen molar-refractivity contribution in [1.29, 1.82) is 0 Å². The van der Waals surface area contributed by atoms with E-state index in [1.807, 2.05) is 25.1 Å². The fourth-order valence-corrected chi connectivity index (χ4v) is 3.45. The molecule has 5 nitrogen and oxygen atoms in total. The van der Waals surface area contributed by atoms with Crippen LogP contribution in [0.1, 0.15) is 25.3 Å². The van der Waals surface area contributed by atoms with Crippen molar-refractivity contribution < 1.29 is 14.3 Å². The van der Waals surface area contributed by atoms with E-state index in [2.05, 4.69) is 21.2 Å². The molecule has 1 N–H and O–H groups in total. The van der Waals surface area contributed by atoms with Gasteiger partial charge in [0.05, 0.1) is 19.3 Å². The Bertz CT molecular complexity index is 686. The zero-order chi connectivity index (χ0) is 17.1. The predicted octanol–water partition coefficient (Wildman–Crippen LogP) is 3.08. The summed E-state index contributed by atoms with van der Waals surface area (Å²) in [7, 11) is 0. The van der Waals surface area contributed by atoms with Gasteiger partial charge in [0.15, 0.2) is 5.11 Å². The number of amides is 1. The molecule has 128 valence electrons. The van der Waals surface area contributed by atoms with E-state index in [4.69, 9.17) is 21.7 Å². The summed E-state index contributed by atoms with van der Waals surface area (Å²) in [6.07, 6.45) is 3.84. The molecule has 2 aliphatic heterocycles. The van der Waals surface area contributed by atoms with Crippen molar-refractivity contribution in [1.82, 2.24) is 10.2 Å². The normalized spacial score (nSPS) is 22.3. The van der Waals surface area contributed by atoms with Gasteiger partial charge in [0, 0.05) is 16.6 Å². The minimum Gasteiger partial charge on any atom is -0.493 e. The minimum atomic E-state index is -0.127. The summed E-state index contributed by atoms with van der Waals surface area (Å²) in [5.41, 5.74) is 1.28. The number of nitrogens with one attached hydrogen (secondary N) is 1. The Hall–Kier alpha value is -1.44. The molecule has 3 rings (SSSR count). The number of hydrogen-bond donors (Lipinski definition) is 1. The van der Waals surface area contributed by atoms with Gasteiger partial charge < -0.3 is 14.8 Å². The van der Waals surface area contributed by atoms with Crippen molar-refractivity contribution in [3.8, 4) is 5.75 Å². The van der Waals surface area contributed by atoms with Crippen LogP contribution in [0.3, 0.4) is 0 Å². The van der Waals surface area contributed by atoms with Crippen LogP contribution in [-0.4, -0.2) is 41.8 Å². The van der Waals surface area contributed by atoms with Crippen LogP contribution in [-0.2, 0) is 9.53 Å². The van der Waals surface area contributed by atoms with E-state index in [-0.39, 0.29) is 12.0 Å². The first-order chi connectivity index (χ1) is 11.6. The average Bonchev–Trinajstić information content (AvgIpc) is 3.15. The summed E-state index contributed by atoms with van der Waals surface area (Å²) < 4.78 is 12.2. The second kappa shape index (κ2) is 7.63. The first-order valence-electron chi connectivity index (χ1n) is 7.97. The largest absolute Gasteiger partial charge is 0.493 e. The maximum absolute atomic E-state index is 12.7. The lowest BCUT2D eigenvalue weighted by atomic mass is 10.1. The van der Waals surface area contributed by atoms with Crippen LogP contribution < -0.4 is 10.1 Å². The first kappa shape index (κ1) is 17.4. The number of carbonyl (C=O) groups is 1. The second-order valence-electron chi connectivity index (χ2n) is 5.65. The molecule has 2 fully saturated rings. The topological polar surface area (TPSA) is 50.8 Å². The third-order valence-corrected chi connectivity index (χ3v) is 4.76. The highest BCUT2D eigenvalue weighted by atomic mass is 79.9. The fourth-order valence-electron chi connectivity index (χ4n) is 2.80. The number of halogens is 1. The summed E-state index contributed by atoms with van der Waals surface area (Å²) in [5.74, 6) is 0.601. The molecular formula is C17H19BrN2O3S. The summed E-state index contributed by atoms with van der Waals surface area (Å²) in [6.45, 7) is 3.74. The van der Waals surface area contributed by atoms with Crippen molar-refractivity contribution in [2.75, 3.05) is 19.8 Å². The quantitative estimate of drug-likeness (QED) is 0.596. The SMILES string of the molecule is CCOc1ccc(Br)cc1/C=C1/NC(=S)N(CC2CCCO2)C1=O. The van der Waals surface area contributed by atoms with E-state index >= 15 is 0 Å². The highest BCUT2D eigenvalue weighted by Gasteiger charge is 2.33. The molecule has 2 heterocycles. The van der Waals surface area contributed by atoms with E-state index in [0.717, 1.165) is 35.2 Å². The number of hydrogen-bond acceptors (Lipinski definition) is 4. The van der Waals surface area contributed by atoms with E-state index in [0.29, 0.717) is 24.0 Å². The van der Waals surface area contributed by atoms with E-state index in [1.165, 1.54) is 0 Å².